The van der Waals surface area contributed by atoms with E-state index in [1.54, 1.807) is 0 Å². The van der Waals surface area contributed by atoms with Crippen molar-refractivity contribution < 1.29 is 13.6 Å². The quantitative estimate of drug-likeness (QED) is 0.583. The number of carbonyl (C=O) groups excluding carboxylic acids is 1. The van der Waals surface area contributed by atoms with Crippen molar-refractivity contribution in [2.24, 2.45) is 0 Å². The summed E-state index contributed by atoms with van der Waals surface area (Å²) in [7, 11) is 0. The topological polar surface area (TPSA) is 17.1 Å². The lowest BCUT2D eigenvalue weighted by Gasteiger charge is -1.98. The Morgan fingerprint density at radius 3 is 2.60 bits per heavy atom. The summed E-state index contributed by atoms with van der Waals surface area (Å²) < 4.78 is 23.4. The molecule has 0 fully saturated rings. The maximum atomic E-state index is 12.0. The molecule has 0 saturated carbocycles. The van der Waals surface area contributed by atoms with Gasteiger partial charge in [0.25, 0.3) is 0 Å². The summed E-state index contributed by atoms with van der Waals surface area (Å²) in [5, 5.41) is 0. The molecule has 1 nitrogen and oxygen atoms in total. The van der Waals surface area contributed by atoms with Crippen LogP contribution in [0.25, 0.3) is 0 Å². The SMILES string of the molecule is [CH2]C(F)CC(=O)CCCF. The van der Waals surface area contributed by atoms with E-state index in [2.05, 4.69) is 6.92 Å². The zero-order valence-corrected chi connectivity index (χ0v) is 5.78. The molecule has 0 aromatic carbocycles. The molecule has 0 heterocycles. The van der Waals surface area contributed by atoms with Crippen molar-refractivity contribution in [3.63, 3.8) is 0 Å². The summed E-state index contributed by atoms with van der Waals surface area (Å²) >= 11 is 0. The first-order chi connectivity index (χ1) is 4.66. The lowest BCUT2D eigenvalue weighted by molar-refractivity contribution is -0.120. The summed E-state index contributed by atoms with van der Waals surface area (Å²) in [5.41, 5.74) is 0. The van der Waals surface area contributed by atoms with Crippen LogP contribution in [0.3, 0.4) is 0 Å². The molecule has 0 aliphatic heterocycles. The molecule has 0 aliphatic carbocycles. The smallest absolute Gasteiger partial charge is 0.135 e. The van der Waals surface area contributed by atoms with Gasteiger partial charge in [-0.1, -0.05) is 0 Å². The number of ketones is 1. The molecule has 10 heavy (non-hydrogen) atoms. The molecule has 0 aromatic rings. The highest BCUT2D eigenvalue weighted by Gasteiger charge is 2.06. The standard InChI is InChI=1S/C7H11F2O/c1-6(9)5-7(10)3-2-4-8/h6H,1-5H2. The third-order valence-electron chi connectivity index (χ3n) is 1.04. The predicted octanol–water partition coefficient (Wildman–Crippen LogP) is 1.87. The van der Waals surface area contributed by atoms with Gasteiger partial charge in [-0.25, -0.2) is 4.39 Å². The molecular formula is C7H11F2O. The van der Waals surface area contributed by atoms with Gasteiger partial charge in [0.15, 0.2) is 0 Å². The molecule has 1 radical (unpaired) electrons. The van der Waals surface area contributed by atoms with Crippen molar-refractivity contribution in [1.29, 1.82) is 0 Å². The van der Waals surface area contributed by atoms with E-state index in [0.717, 1.165) is 0 Å². The molecule has 0 amide bonds. The molecule has 0 bridgehead atoms. The lowest BCUT2D eigenvalue weighted by atomic mass is 10.1. The van der Waals surface area contributed by atoms with Crippen LogP contribution in [0.15, 0.2) is 0 Å². The molecule has 1 unspecified atom stereocenters. The second-order valence-electron chi connectivity index (χ2n) is 2.13. The Morgan fingerprint density at radius 1 is 1.60 bits per heavy atom. The Labute approximate surface area is 59.4 Å². The summed E-state index contributed by atoms with van der Waals surface area (Å²) in [4.78, 5) is 10.6. The fourth-order valence-corrected chi connectivity index (χ4v) is 0.613. The molecule has 59 valence electrons. The molecule has 0 spiro atoms. The molecule has 0 N–H and O–H groups in total. The van der Waals surface area contributed by atoms with Gasteiger partial charge in [0.05, 0.1) is 6.67 Å². The average Bonchev–Trinajstić information content (AvgIpc) is 1.82. The molecule has 0 rings (SSSR count). The van der Waals surface area contributed by atoms with Crippen LogP contribution in [-0.2, 0) is 4.79 Å². The zero-order chi connectivity index (χ0) is 7.98. The number of carbonyl (C=O) groups is 1. The third-order valence-corrected chi connectivity index (χ3v) is 1.04. The summed E-state index contributed by atoms with van der Waals surface area (Å²) in [6, 6.07) is 0. The van der Waals surface area contributed by atoms with E-state index >= 15 is 0 Å². The number of alkyl halides is 2. The fraction of sp³-hybridized carbons (Fsp3) is 0.714. The van der Waals surface area contributed by atoms with Crippen LogP contribution in [0.2, 0.25) is 0 Å². The molecule has 0 aliphatic rings. The van der Waals surface area contributed by atoms with Gasteiger partial charge in [-0.3, -0.25) is 9.18 Å². The van der Waals surface area contributed by atoms with Crippen LogP contribution in [-0.4, -0.2) is 18.6 Å². The first kappa shape index (κ1) is 9.53. The molecular weight excluding hydrogens is 138 g/mol. The van der Waals surface area contributed by atoms with Gasteiger partial charge >= 0.3 is 0 Å². The second kappa shape index (κ2) is 5.33. The Hall–Kier alpha value is -0.470. The maximum Gasteiger partial charge on any atom is 0.135 e. The van der Waals surface area contributed by atoms with Gasteiger partial charge < -0.3 is 0 Å². The minimum Gasteiger partial charge on any atom is -0.300 e. The Morgan fingerprint density at radius 2 is 2.20 bits per heavy atom. The molecule has 1 atom stereocenters. The average molecular weight is 149 g/mol. The van der Waals surface area contributed by atoms with Gasteiger partial charge in [-0.05, 0) is 13.3 Å². The lowest BCUT2D eigenvalue weighted by Crippen LogP contribution is -2.05. The van der Waals surface area contributed by atoms with Gasteiger partial charge in [0, 0.05) is 12.8 Å². The number of hydrogen-bond donors (Lipinski definition) is 0. The van der Waals surface area contributed by atoms with Crippen molar-refractivity contribution >= 4 is 5.78 Å². The fourth-order valence-electron chi connectivity index (χ4n) is 0.613. The van der Waals surface area contributed by atoms with Crippen LogP contribution in [0, 0.1) is 6.92 Å². The van der Waals surface area contributed by atoms with Crippen molar-refractivity contribution in [3.8, 4) is 0 Å². The van der Waals surface area contributed by atoms with Crippen LogP contribution in [0.1, 0.15) is 19.3 Å². The Balaban J connectivity index is 3.26. The van der Waals surface area contributed by atoms with E-state index in [1.807, 2.05) is 0 Å². The highest BCUT2D eigenvalue weighted by molar-refractivity contribution is 5.78. The highest BCUT2D eigenvalue weighted by atomic mass is 19.1. The van der Waals surface area contributed by atoms with Crippen LogP contribution in [0.4, 0.5) is 8.78 Å². The molecule has 0 aromatic heterocycles. The van der Waals surface area contributed by atoms with Gasteiger partial charge in [0.2, 0.25) is 0 Å². The van der Waals surface area contributed by atoms with E-state index in [0.29, 0.717) is 0 Å². The van der Waals surface area contributed by atoms with Gasteiger partial charge in [0.1, 0.15) is 12.0 Å². The van der Waals surface area contributed by atoms with Crippen LogP contribution >= 0.6 is 0 Å². The van der Waals surface area contributed by atoms with E-state index in [-0.39, 0.29) is 25.0 Å². The van der Waals surface area contributed by atoms with Gasteiger partial charge in [-0.2, -0.15) is 0 Å². The van der Waals surface area contributed by atoms with E-state index in [1.165, 1.54) is 0 Å². The normalized spacial score (nSPS) is 13.1. The number of hydrogen-bond acceptors (Lipinski definition) is 1. The first-order valence-electron chi connectivity index (χ1n) is 3.21. The van der Waals surface area contributed by atoms with Gasteiger partial charge in [-0.15, -0.1) is 0 Å². The molecule has 3 heteroatoms. The van der Waals surface area contributed by atoms with Crippen LogP contribution in [0.5, 0.6) is 0 Å². The minimum absolute atomic E-state index is 0.131. The minimum atomic E-state index is -1.34. The monoisotopic (exact) mass is 149 g/mol. The zero-order valence-electron chi connectivity index (χ0n) is 5.78. The Kier molecular flexibility index (Phi) is 5.08. The first-order valence-corrected chi connectivity index (χ1v) is 3.21. The predicted molar refractivity (Wildman–Crippen MR) is 35.1 cm³/mol. The van der Waals surface area contributed by atoms with Crippen molar-refractivity contribution in [2.75, 3.05) is 6.67 Å². The maximum absolute atomic E-state index is 12.0. The van der Waals surface area contributed by atoms with E-state index in [4.69, 9.17) is 0 Å². The largest absolute Gasteiger partial charge is 0.300 e. The summed E-state index contributed by atoms with van der Waals surface area (Å²) in [5.74, 6) is -0.250. The van der Waals surface area contributed by atoms with Crippen molar-refractivity contribution in [3.05, 3.63) is 6.92 Å². The van der Waals surface area contributed by atoms with Crippen molar-refractivity contribution in [2.45, 2.75) is 25.4 Å². The number of rotatable bonds is 5. The summed E-state index contributed by atoms with van der Waals surface area (Å²) in [6.07, 6.45) is -1.19. The van der Waals surface area contributed by atoms with Crippen LogP contribution < -0.4 is 0 Å². The van der Waals surface area contributed by atoms with E-state index in [9.17, 15) is 13.6 Å². The van der Waals surface area contributed by atoms with Crippen molar-refractivity contribution in [1.82, 2.24) is 0 Å². The highest BCUT2D eigenvalue weighted by Crippen LogP contribution is 2.01. The second-order valence-corrected chi connectivity index (χ2v) is 2.13. The Bertz CT molecular complexity index is 102. The molecule has 0 saturated heterocycles. The summed E-state index contributed by atoms with van der Waals surface area (Å²) in [6.45, 7) is 2.49. The number of halogens is 2. The van der Waals surface area contributed by atoms with E-state index < -0.39 is 12.8 Å². The number of Topliss-reactive ketones (excluding diaryl/α,β-unsaturated/α-hetero) is 1. The third kappa shape index (κ3) is 5.66.